The van der Waals surface area contributed by atoms with Crippen molar-refractivity contribution in [1.82, 2.24) is 4.98 Å². The van der Waals surface area contributed by atoms with E-state index in [-0.39, 0.29) is 6.61 Å². The highest BCUT2D eigenvalue weighted by Gasteiger charge is 2.36. The van der Waals surface area contributed by atoms with Crippen LogP contribution >= 0.6 is 0 Å². The number of esters is 1. The van der Waals surface area contributed by atoms with Crippen molar-refractivity contribution < 1.29 is 14.6 Å². The first-order valence-corrected chi connectivity index (χ1v) is 4.83. The average Bonchev–Trinajstić information content (AvgIpc) is 2.29. The Hall–Kier alpha value is -1.42. The number of aliphatic hydroxyl groups excluding tert-OH is 1. The molecule has 0 aliphatic heterocycles. The van der Waals surface area contributed by atoms with Gasteiger partial charge in [-0.15, -0.1) is 0 Å². The van der Waals surface area contributed by atoms with Crippen molar-refractivity contribution in [3.63, 3.8) is 0 Å². The number of hydrogen-bond acceptors (Lipinski definition) is 4. The summed E-state index contributed by atoms with van der Waals surface area (Å²) in [5, 5.41) is 9.31. The van der Waals surface area contributed by atoms with Gasteiger partial charge in [-0.3, -0.25) is 9.78 Å². The molecule has 0 saturated heterocycles. The number of ether oxygens (including phenoxy) is 1. The summed E-state index contributed by atoms with van der Waals surface area (Å²) in [6.45, 7) is 3.38. The van der Waals surface area contributed by atoms with Gasteiger partial charge in [-0.05, 0) is 25.5 Å². The molecule has 0 aliphatic rings. The van der Waals surface area contributed by atoms with Crippen LogP contribution in [-0.4, -0.2) is 29.3 Å². The van der Waals surface area contributed by atoms with E-state index in [0.29, 0.717) is 12.2 Å². The fraction of sp³-hybridized carbons (Fsp3) is 0.455. The van der Waals surface area contributed by atoms with E-state index in [2.05, 4.69) is 4.98 Å². The van der Waals surface area contributed by atoms with Crippen LogP contribution < -0.4 is 0 Å². The molecule has 4 nitrogen and oxygen atoms in total. The van der Waals surface area contributed by atoms with Gasteiger partial charge in [-0.1, -0.05) is 6.07 Å². The van der Waals surface area contributed by atoms with E-state index in [1.165, 1.54) is 0 Å². The Labute approximate surface area is 88.9 Å². The van der Waals surface area contributed by atoms with Gasteiger partial charge >= 0.3 is 5.97 Å². The number of aliphatic hydroxyl groups is 1. The Bertz CT molecular complexity index is 326. The number of carbonyl (C=O) groups excluding carboxylic acids is 1. The number of aromatic nitrogens is 1. The monoisotopic (exact) mass is 209 g/mol. The minimum Gasteiger partial charge on any atom is -0.465 e. The maximum Gasteiger partial charge on any atom is 0.318 e. The Balaban J connectivity index is 3.00. The number of rotatable bonds is 4. The highest BCUT2D eigenvalue weighted by molar-refractivity contribution is 5.82. The van der Waals surface area contributed by atoms with Crippen molar-refractivity contribution in [1.29, 1.82) is 0 Å². The van der Waals surface area contributed by atoms with Crippen LogP contribution in [0.3, 0.4) is 0 Å². The zero-order valence-electron chi connectivity index (χ0n) is 8.93. The van der Waals surface area contributed by atoms with E-state index in [0.717, 1.165) is 0 Å². The van der Waals surface area contributed by atoms with Crippen LogP contribution in [0.5, 0.6) is 0 Å². The van der Waals surface area contributed by atoms with Gasteiger partial charge in [0.25, 0.3) is 0 Å². The molecule has 0 amide bonds. The maximum atomic E-state index is 11.7. The number of pyridine rings is 1. The fourth-order valence-corrected chi connectivity index (χ4v) is 1.25. The van der Waals surface area contributed by atoms with Crippen molar-refractivity contribution in [2.75, 3.05) is 13.2 Å². The average molecular weight is 209 g/mol. The van der Waals surface area contributed by atoms with Gasteiger partial charge in [-0.2, -0.15) is 0 Å². The van der Waals surface area contributed by atoms with E-state index >= 15 is 0 Å². The lowest BCUT2D eigenvalue weighted by atomic mass is 9.84. The Morgan fingerprint density at radius 1 is 1.67 bits per heavy atom. The molecule has 1 N–H and O–H groups in total. The zero-order chi connectivity index (χ0) is 11.3. The second-order valence-electron chi connectivity index (χ2n) is 3.45. The largest absolute Gasteiger partial charge is 0.465 e. The first-order valence-electron chi connectivity index (χ1n) is 4.83. The molecule has 82 valence electrons. The second-order valence-corrected chi connectivity index (χ2v) is 3.45. The molecule has 1 aromatic rings. The van der Waals surface area contributed by atoms with Gasteiger partial charge in [0.2, 0.25) is 0 Å². The molecule has 4 heteroatoms. The summed E-state index contributed by atoms with van der Waals surface area (Å²) in [7, 11) is 0. The van der Waals surface area contributed by atoms with E-state index in [4.69, 9.17) is 4.74 Å². The Kier molecular flexibility index (Phi) is 3.80. The van der Waals surface area contributed by atoms with Crippen molar-refractivity contribution in [3.8, 4) is 0 Å². The van der Waals surface area contributed by atoms with Gasteiger partial charge < -0.3 is 9.84 Å². The van der Waals surface area contributed by atoms with Gasteiger partial charge in [0.05, 0.1) is 13.2 Å². The van der Waals surface area contributed by atoms with Crippen LogP contribution in [0.25, 0.3) is 0 Å². The van der Waals surface area contributed by atoms with E-state index in [9.17, 15) is 9.90 Å². The molecular formula is C11H15NO3. The van der Waals surface area contributed by atoms with Gasteiger partial charge in [0.15, 0.2) is 0 Å². The topological polar surface area (TPSA) is 59.4 Å². The fourth-order valence-electron chi connectivity index (χ4n) is 1.25. The molecule has 1 unspecified atom stereocenters. The Morgan fingerprint density at radius 2 is 2.40 bits per heavy atom. The molecule has 1 aromatic heterocycles. The molecule has 15 heavy (non-hydrogen) atoms. The standard InChI is InChI=1S/C11H15NO3/c1-3-15-10(14)11(2,8-13)9-5-4-6-12-7-9/h4-7,13H,3,8H2,1-2H3. The molecule has 1 rings (SSSR count). The van der Waals surface area contributed by atoms with E-state index in [1.807, 2.05) is 0 Å². The molecule has 0 radical (unpaired) electrons. The normalized spacial score (nSPS) is 14.3. The van der Waals surface area contributed by atoms with Crippen LogP contribution in [0.2, 0.25) is 0 Å². The second kappa shape index (κ2) is 4.89. The number of hydrogen-bond donors (Lipinski definition) is 1. The predicted molar refractivity (Wildman–Crippen MR) is 55.3 cm³/mol. The lowest BCUT2D eigenvalue weighted by Gasteiger charge is -2.24. The SMILES string of the molecule is CCOC(=O)C(C)(CO)c1cccnc1. The van der Waals surface area contributed by atoms with Crippen molar-refractivity contribution in [3.05, 3.63) is 30.1 Å². The maximum absolute atomic E-state index is 11.7. The summed E-state index contributed by atoms with van der Waals surface area (Å²) >= 11 is 0. The minimum atomic E-state index is -1.02. The zero-order valence-corrected chi connectivity index (χ0v) is 8.93. The smallest absolute Gasteiger partial charge is 0.318 e. The summed E-state index contributed by atoms with van der Waals surface area (Å²) in [5.41, 5.74) is -0.365. The van der Waals surface area contributed by atoms with Gasteiger partial charge in [0.1, 0.15) is 5.41 Å². The van der Waals surface area contributed by atoms with Crippen molar-refractivity contribution >= 4 is 5.97 Å². The molecular weight excluding hydrogens is 194 g/mol. The van der Waals surface area contributed by atoms with Crippen molar-refractivity contribution in [2.24, 2.45) is 0 Å². The molecule has 0 aromatic carbocycles. The third-order valence-electron chi connectivity index (χ3n) is 2.34. The summed E-state index contributed by atoms with van der Waals surface area (Å²) in [4.78, 5) is 15.6. The van der Waals surface area contributed by atoms with E-state index in [1.54, 1.807) is 38.4 Å². The first-order chi connectivity index (χ1) is 7.15. The molecule has 0 aliphatic carbocycles. The van der Waals surface area contributed by atoms with Crippen LogP contribution in [0.1, 0.15) is 19.4 Å². The molecule has 1 atom stereocenters. The predicted octanol–water partition coefficient (Wildman–Crippen LogP) is 0.895. The summed E-state index contributed by atoms with van der Waals surface area (Å²) in [6.07, 6.45) is 3.18. The highest BCUT2D eigenvalue weighted by Crippen LogP contribution is 2.23. The van der Waals surface area contributed by atoms with Crippen LogP contribution in [0.15, 0.2) is 24.5 Å². The lowest BCUT2D eigenvalue weighted by Crippen LogP contribution is -2.38. The lowest BCUT2D eigenvalue weighted by molar-refractivity contribution is -0.151. The highest BCUT2D eigenvalue weighted by atomic mass is 16.5. The molecule has 0 fully saturated rings. The molecule has 1 heterocycles. The molecule has 0 spiro atoms. The first kappa shape index (κ1) is 11.7. The molecule has 0 saturated carbocycles. The third kappa shape index (κ3) is 2.33. The Morgan fingerprint density at radius 3 is 2.87 bits per heavy atom. The minimum absolute atomic E-state index is 0.294. The van der Waals surface area contributed by atoms with Gasteiger partial charge in [0, 0.05) is 12.4 Å². The third-order valence-corrected chi connectivity index (χ3v) is 2.34. The quantitative estimate of drug-likeness (QED) is 0.748. The molecule has 0 bridgehead atoms. The van der Waals surface area contributed by atoms with Crippen LogP contribution in [0.4, 0.5) is 0 Å². The summed E-state index contributed by atoms with van der Waals surface area (Å²) in [6, 6.07) is 3.47. The summed E-state index contributed by atoms with van der Waals surface area (Å²) in [5.74, 6) is -0.430. The van der Waals surface area contributed by atoms with Crippen LogP contribution in [0, 0.1) is 0 Å². The van der Waals surface area contributed by atoms with Crippen LogP contribution in [-0.2, 0) is 14.9 Å². The van der Waals surface area contributed by atoms with Gasteiger partial charge in [-0.25, -0.2) is 0 Å². The summed E-state index contributed by atoms with van der Waals surface area (Å²) < 4.78 is 4.93. The van der Waals surface area contributed by atoms with E-state index < -0.39 is 11.4 Å². The number of nitrogens with zero attached hydrogens (tertiary/aromatic N) is 1. The van der Waals surface area contributed by atoms with Crippen molar-refractivity contribution in [2.45, 2.75) is 19.3 Å². The number of carbonyl (C=O) groups is 1.